The quantitative estimate of drug-likeness (QED) is 0.904. The molecule has 19 heavy (non-hydrogen) atoms. The maximum atomic E-state index is 11.6. The molecule has 0 spiro atoms. The molecule has 2 rings (SSSR count). The normalized spacial score (nSPS) is 17.4. The molecule has 2 N–H and O–H groups in total. The van der Waals surface area contributed by atoms with Crippen LogP contribution in [0.15, 0.2) is 24.3 Å². The minimum absolute atomic E-state index is 0.0526. The highest BCUT2D eigenvalue weighted by Crippen LogP contribution is 2.28. The second-order valence-electron chi connectivity index (χ2n) is 6.13. The maximum Gasteiger partial charge on any atom is 0.248 e. The van der Waals surface area contributed by atoms with E-state index < -0.39 is 0 Å². The van der Waals surface area contributed by atoms with E-state index in [1.165, 1.54) is 32.4 Å². The van der Waals surface area contributed by atoms with E-state index in [1.807, 2.05) is 24.3 Å². The fourth-order valence-corrected chi connectivity index (χ4v) is 3.05. The molecule has 3 nitrogen and oxygen atoms in total. The Labute approximate surface area is 115 Å². The van der Waals surface area contributed by atoms with E-state index in [-0.39, 0.29) is 11.3 Å². The number of likely N-dealkylation sites (tertiary alicyclic amines) is 1. The molecule has 0 bridgehead atoms. The maximum absolute atomic E-state index is 11.6. The minimum Gasteiger partial charge on any atom is -0.366 e. The molecule has 0 radical (unpaired) electrons. The van der Waals surface area contributed by atoms with Gasteiger partial charge in [0.25, 0.3) is 0 Å². The zero-order valence-electron chi connectivity index (χ0n) is 12.0. The Balaban J connectivity index is 2.20. The average molecular weight is 260 g/mol. The van der Waals surface area contributed by atoms with Gasteiger partial charge in [-0.15, -0.1) is 0 Å². The molecule has 1 saturated heterocycles. The van der Waals surface area contributed by atoms with Crippen molar-refractivity contribution in [3.05, 3.63) is 35.4 Å². The minimum atomic E-state index is -0.331. The van der Waals surface area contributed by atoms with Gasteiger partial charge in [0.05, 0.1) is 0 Å². The SMILES string of the molecule is CC(C)(CN1CCCCC1)c1ccccc1C(N)=O. The number of hydrogen-bond acceptors (Lipinski definition) is 2. The van der Waals surface area contributed by atoms with Gasteiger partial charge in [0, 0.05) is 17.5 Å². The van der Waals surface area contributed by atoms with Crippen molar-refractivity contribution in [1.29, 1.82) is 0 Å². The summed E-state index contributed by atoms with van der Waals surface area (Å²) < 4.78 is 0. The Kier molecular flexibility index (Phi) is 4.25. The van der Waals surface area contributed by atoms with Gasteiger partial charge in [0.1, 0.15) is 0 Å². The first-order valence-corrected chi connectivity index (χ1v) is 7.12. The zero-order valence-corrected chi connectivity index (χ0v) is 12.0. The van der Waals surface area contributed by atoms with Crippen molar-refractivity contribution in [1.82, 2.24) is 4.90 Å². The van der Waals surface area contributed by atoms with E-state index in [1.54, 1.807) is 0 Å². The summed E-state index contributed by atoms with van der Waals surface area (Å²) in [6.45, 7) is 7.72. The predicted molar refractivity (Wildman–Crippen MR) is 78.3 cm³/mol. The summed E-state index contributed by atoms with van der Waals surface area (Å²) in [6.07, 6.45) is 3.91. The molecule has 104 valence electrons. The predicted octanol–water partition coefficient (Wildman–Crippen LogP) is 2.55. The van der Waals surface area contributed by atoms with Gasteiger partial charge in [-0.3, -0.25) is 4.79 Å². The lowest BCUT2D eigenvalue weighted by Gasteiger charge is -2.36. The number of amides is 1. The molecule has 3 heteroatoms. The Morgan fingerprint density at radius 1 is 1.21 bits per heavy atom. The molecule has 1 amide bonds. The van der Waals surface area contributed by atoms with Crippen molar-refractivity contribution >= 4 is 5.91 Å². The summed E-state index contributed by atoms with van der Waals surface area (Å²) in [5.74, 6) is -0.331. The average Bonchev–Trinajstić information content (AvgIpc) is 2.39. The molecule has 1 heterocycles. The van der Waals surface area contributed by atoms with Crippen LogP contribution in [0.25, 0.3) is 0 Å². The van der Waals surface area contributed by atoms with Crippen LogP contribution in [-0.2, 0) is 5.41 Å². The van der Waals surface area contributed by atoms with Crippen LogP contribution in [0.4, 0.5) is 0 Å². The molecular formula is C16H24N2O. The van der Waals surface area contributed by atoms with Crippen LogP contribution in [0, 0.1) is 0 Å². The van der Waals surface area contributed by atoms with Crippen LogP contribution < -0.4 is 5.73 Å². The first-order chi connectivity index (χ1) is 9.00. The van der Waals surface area contributed by atoms with Gasteiger partial charge < -0.3 is 10.6 Å². The van der Waals surface area contributed by atoms with Gasteiger partial charge in [-0.25, -0.2) is 0 Å². The van der Waals surface area contributed by atoms with E-state index in [2.05, 4.69) is 18.7 Å². The molecule has 1 aliphatic rings. The number of benzene rings is 1. The largest absolute Gasteiger partial charge is 0.366 e. The highest BCUT2D eigenvalue weighted by atomic mass is 16.1. The molecule has 0 saturated carbocycles. The molecule has 1 aromatic carbocycles. The smallest absolute Gasteiger partial charge is 0.248 e. The summed E-state index contributed by atoms with van der Waals surface area (Å²) in [7, 11) is 0. The highest BCUT2D eigenvalue weighted by Gasteiger charge is 2.28. The van der Waals surface area contributed by atoms with Crippen molar-refractivity contribution in [3.8, 4) is 0 Å². The number of nitrogens with two attached hydrogens (primary N) is 1. The highest BCUT2D eigenvalue weighted by molar-refractivity contribution is 5.94. The van der Waals surface area contributed by atoms with E-state index >= 15 is 0 Å². The number of carbonyl (C=O) groups excluding carboxylic acids is 1. The summed E-state index contributed by atoms with van der Waals surface area (Å²) in [4.78, 5) is 14.1. The van der Waals surface area contributed by atoms with Crippen LogP contribution in [0.2, 0.25) is 0 Å². The number of hydrogen-bond donors (Lipinski definition) is 1. The van der Waals surface area contributed by atoms with Gasteiger partial charge >= 0.3 is 0 Å². The lowest BCUT2D eigenvalue weighted by molar-refractivity contribution is 0.0996. The van der Waals surface area contributed by atoms with Crippen LogP contribution in [-0.4, -0.2) is 30.4 Å². The fraction of sp³-hybridized carbons (Fsp3) is 0.562. The van der Waals surface area contributed by atoms with Gasteiger partial charge in [-0.2, -0.15) is 0 Å². The standard InChI is InChI=1S/C16H24N2O/c1-16(2,12-18-10-6-3-7-11-18)14-9-5-4-8-13(14)15(17)19/h4-5,8-9H,3,6-7,10-12H2,1-2H3,(H2,17,19). The van der Waals surface area contributed by atoms with Crippen LogP contribution in [0.3, 0.4) is 0 Å². The molecule has 1 fully saturated rings. The number of piperidine rings is 1. The monoisotopic (exact) mass is 260 g/mol. The molecule has 0 aromatic heterocycles. The molecule has 0 unspecified atom stereocenters. The van der Waals surface area contributed by atoms with Crippen LogP contribution >= 0.6 is 0 Å². The van der Waals surface area contributed by atoms with Crippen molar-refractivity contribution in [2.24, 2.45) is 5.73 Å². The summed E-state index contributed by atoms with van der Waals surface area (Å²) >= 11 is 0. The van der Waals surface area contributed by atoms with Gasteiger partial charge in [0.15, 0.2) is 0 Å². The summed E-state index contributed by atoms with van der Waals surface area (Å²) in [5.41, 5.74) is 7.16. The third kappa shape index (κ3) is 3.35. The topological polar surface area (TPSA) is 46.3 Å². The van der Waals surface area contributed by atoms with E-state index in [9.17, 15) is 4.79 Å². The second-order valence-corrected chi connectivity index (χ2v) is 6.13. The molecule has 1 aromatic rings. The van der Waals surface area contributed by atoms with Gasteiger partial charge in [0.2, 0.25) is 5.91 Å². The van der Waals surface area contributed by atoms with Crippen molar-refractivity contribution in [3.63, 3.8) is 0 Å². The Morgan fingerprint density at radius 3 is 2.47 bits per heavy atom. The van der Waals surface area contributed by atoms with E-state index in [4.69, 9.17) is 5.73 Å². The molecular weight excluding hydrogens is 236 g/mol. The van der Waals surface area contributed by atoms with E-state index in [0.717, 1.165) is 12.1 Å². The third-order valence-corrected chi connectivity index (χ3v) is 3.99. The van der Waals surface area contributed by atoms with Gasteiger partial charge in [-0.05, 0) is 37.6 Å². The number of rotatable bonds is 4. The van der Waals surface area contributed by atoms with Crippen molar-refractivity contribution < 1.29 is 4.79 Å². The zero-order chi connectivity index (χ0) is 13.9. The fourth-order valence-electron chi connectivity index (χ4n) is 3.05. The number of primary amides is 1. The lowest BCUT2D eigenvalue weighted by atomic mass is 9.80. The Bertz CT molecular complexity index is 448. The van der Waals surface area contributed by atoms with Crippen molar-refractivity contribution in [2.75, 3.05) is 19.6 Å². The third-order valence-electron chi connectivity index (χ3n) is 3.99. The van der Waals surface area contributed by atoms with Crippen LogP contribution in [0.5, 0.6) is 0 Å². The number of carbonyl (C=O) groups is 1. The molecule has 0 atom stereocenters. The Hall–Kier alpha value is -1.35. The van der Waals surface area contributed by atoms with Crippen molar-refractivity contribution in [2.45, 2.75) is 38.5 Å². The lowest BCUT2D eigenvalue weighted by Crippen LogP contribution is -2.40. The van der Waals surface area contributed by atoms with E-state index in [0.29, 0.717) is 5.56 Å². The Morgan fingerprint density at radius 2 is 1.84 bits per heavy atom. The second kappa shape index (κ2) is 5.74. The molecule has 0 aliphatic carbocycles. The first kappa shape index (κ1) is 14.1. The summed E-state index contributed by atoms with van der Waals surface area (Å²) in [6, 6.07) is 7.72. The number of nitrogens with zero attached hydrogens (tertiary/aromatic N) is 1. The summed E-state index contributed by atoms with van der Waals surface area (Å²) in [5, 5.41) is 0. The van der Waals surface area contributed by atoms with Gasteiger partial charge in [-0.1, -0.05) is 38.5 Å². The van der Waals surface area contributed by atoms with Crippen LogP contribution in [0.1, 0.15) is 49.0 Å². The first-order valence-electron chi connectivity index (χ1n) is 7.12. The molecule has 1 aliphatic heterocycles.